The molecule has 0 atom stereocenters. The third-order valence-corrected chi connectivity index (χ3v) is 13.7. The molecule has 0 aliphatic rings. The number of fused-ring (bicyclic) bond motifs is 2. The molecule has 0 bridgehead atoms. The van der Waals surface area contributed by atoms with Crippen molar-refractivity contribution in [3.63, 3.8) is 0 Å². The van der Waals surface area contributed by atoms with Crippen LogP contribution < -0.4 is 10.4 Å². The fraction of sp³-hybridized carbons (Fsp3) is 0.188. The standard InChI is InChI=1S/C32H30S2Si2/c1-35(2,3)29-17-23-21-14-20(28-10-8-12-34-28)16-26-30(36(4,5)6)18-24(32(21)26)22-13-19(15-25(29)31(22)23)27-9-7-11-33-27/h7-18H,1-6H3. The highest BCUT2D eigenvalue weighted by Crippen LogP contribution is 2.46. The van der Waals surface area contributed by atoms with E-state index in [1.165, 1.54) is 64.0 Å². The van der Waals surface area contributed by atoms with Crippen molar-refractivity contribution in [3.8, 4) is 20.9 Å². The Morgan fingerprint density at radius 1 is 0.472 bits per heavy atom. The van der Waals surface area contributed by atoms with E-state index >= 15 is 0 Å². The Hall–Kier alpha value is -2.51. The fourth-order valence-electron chi connectivity index (χ4n) is 6.14. The molecule has 4 heteroatoms. The van der Waals surface area contributed by atoms with E-state index in [2.05, 4.69) is 111 Å². The van der Waals surface area contributed by atoms with E-state index in [1.54, 1.807) is 10.4 Å². The molecule has 7 rings (SSSR count). The van der Waals surface area contributed by atoms with Gasteiger partial charge in [-0.2, -0.15) is 0 Å². The molecule has 2 heterocycles. The lowest BCUT2D eigenvalue weighted by atomic mass is 9.93. The molecule has 7 aromatic rings. The first-order chi connectivity index (χ1) is 17.1. The van der Waals surface area contributed by atoms with Crippen LogP contribution in [0.4, 0.5) is 0 Å². The summed E-state index contributed by atoms with van der Waals surface area (Å²) in [7, 11) is -3.11. The van der Waals surface area contributed by atoms with Crippen LogP contribution in [0.25, 0.3) is 64.0 Å². The van der Waals surface area contributed by atoms with Gasteiger partial charge in [0.05, 0.1) is 16.1 Å². The second-order valence-electron chi connectivity index (χ2n) is 12.3. The van der Waals surface area contributed by atoms with Gasteiger partial charge in [-0.1, -0.05) is 73.9 Å². The minimum Gasteiger partial charge on any atom is -0.144 e. The highest BCUT2D eigenvalue weighted by Gasteiger charge is 2.29. The van der Waals surface area contributed by atoms with Gasteiger partial charge in [-0.05, 0) is 101 Å². The summed E-state index contributed by atoms with van der Waals surface area (Å²) >= 11 is 3.70. The lowest BCUT2D eigenvalue weighted by Crippen LogP contribution is -2.36. The zero-order valence-electron chi connectivity index (χ0n) is 21.7. The highest BCUT2D eigenvalue weighted by molar-refractivity contribution is 7.13. The minimum absolute atomic E-state index is 1.37. The zero-order chi connectivity index (χ0) is 25.0. The topological polar surface area (TPSA) is 0 Å². The van der Waals surface area contributed by atoms with Crippen LogP contribution in [0, 0.1) is 0 Å². The SMILES string of the molecule is C[Si](C)(C)c1cc2c3cc(-c4cccs4)cc4c([Si](C)(C)C)cc(c5cc(-c6cccs6)cc1c52)c43. The summed E-state index contributed by atoms with van der Waals surface area (Å²) in [6.45, 7) is 15.0. The van der Waals surface area contributed by atoms with Gasteiger partial charge in [0.2, 0.25) is 0 Å². The summed E-state index contributed by atoms with van der Waals surface area (Å²) in [5.74, 6) is 0. The molecular weight excluding hydrogens is 505 g/mol. The molecule has 0 unspecified atom stereocenters. The maximum absolute atomic E-state index is 2.58. The monoisotopic (exact) mass is 534 g/mol. The molecular formula is C32H30S2Si2. The molecule has 0 aliphatic heterocycles. The first kappa shape index (κ1) is 22.7. The molecule has 0 N–H and O–H groups in total. The third kappa shape index (κ3) is 3.21. The van der Waals surface area contributed by atoms with Crippen molar-refractivity contribution < 1.29 is 0 Å². The van der Waals surface area contributed by atoms with E-state index in [0.29, 0.717) is 0 Å². The maximum atomic E-state index is 2.58. The Morgan fingerprint density at radius 2 is 0.833 bits per heavy atom. The molecule has 178 valence electrons. The largest absolute Gasteiger partial charge is 0.144 e. The van der Waals surface area contributed by atoms with Gasteiger partial charge in [0, 0.05) is 9.75 Å². The number of benzene rings is 3. The molecule has 0 radical (unpaired) electrons. The maximum Gasteiger partial charge on any atom is 0.0784 e. The number of hydrogen-bond acceptors (Lipinski definition) is 2. The van der Waals surface area contributed by atoms with Gasteiger partial charge < -0.3 is 0 Å². The average Bonchev–Trinajstić information content (AvgIpc) is 3.61. The summed E-state index contributed by atoms with van der Waals surface area (Å²) in [4.78, 5) is 2.73. The van der Waals surface area contributed by atoms with Gasteiger partial charge in [-0.3, -0.25) is 0 Å². The van der Waals surface area contributed by atoms with Crippen LogP contribution in [-0.4, -0.2) is 16.1 Å². The van der Waals surface area contributed by atoms with Crippen molar-refractivity contribution in [3.05, 3.63) is 71.4 Å². The summed E-state index contributed by atoms with van der Waals surface area (Å²) in [5.41, 5.74) is 2.73. The molecule has 5 aromatic carbocycles. The molecule has 0 aliphatic carbocycles. The van der Waals surface area contributed by atoms with Crippen LogP contribution in [0.5, 0.6) is 0 Å². The average molecular weight is 535 g/mol. The number of rotatable bonds is 4. The zero-order valence-corrected chi connectivity index (χ0v) is 25.4. The predicted molar refractivity (Wildman–Crippen MR) is 171 cm³/mol. The summed E-state index contributed by atoms with van der Waals surface area (Å²) in [6, 6.07) is 24.0. The van der Waals surface area contributed by atoms with Gasteiger partial charge >= 0.3 is 0 Å². The van der Waals surface area contributed by atoms with Crippen LogP contribution in [0.2, 0.25) is 39.3 Å². The summed E-state index contributed by atoms with van der Waals surface area (Å²) in [5, 5.41) is 19.3. The Balaban J connectivity index is 1.74. The summed E-state index contributed by atoms with van der Waals surface area (Å²) < 4.78 is 0. The lowest BCUT2D eigenvalue weighted by Gasteiger charge is -2.16. The van der Waals surface area contributed by atoms with Crippen LogP contribution in [0.15, 0.2) is 71.4 Å². The van der Waals surface area contributed by atoms with Crippen molar-refractivity contribution in [2.24, 2.45) is 0 Å². The second kappa shape index (κ2) is 7.51. The quantitative estimate of drug-likeness (QED) is 0.156. The molecule has 36 heavy (non-hydrogen) atoms. The van der Waals surface area contributed by atoms with Crippen molar-refractivity contribution >= 4 is 92.3 Å². The van der Waals surface area contributed by atoms with Gasteiger partial charge in [0.25, 0.3) is 0 Å². The third-order valence-electron chi connectivity index (χ3n) is 7.78. The van der Waals surface area contributed by atoms with E-state index in [1.807, 2.05) is 22.7 Å². The smallest absolute Gasteiger partial charge is 0.0784 e. The molecule has 0 saturated carbocycles. The van der Waals surface area contributed by atoms with Gasteiger partial charge in [-0.15, -0.1) is 22.7 Å². The van der Waals surface area contributed by atoms with E-state index in [-0.39, 0.29) is 0 Å². The summed E-state index contributed by atoms with van der Waals surface area (Å²) in [6.07, 6.45) is 0. The predicted octanol–water partition coefficient (Wildman–Crippen LogP) is 9.72. The van der Waals surface area contributed by atoms with Crippen molar-refractivity contribution in [2.75, 3.05) is 0 Å². The van der Waals surface area contributed by atoms with E-state index in [0.717, 1.165) is 0 Å². The normalized spacial score (nSPS) is 13.3. The van der Waals surface area contributed by atoms with E-state index in [9.17, 15) is 0 Å². The van der Waals surface area contributed by atoms with Gasteiger partial charge in [-0.25, -0.2) is 0 Å². The lowest BCUT2D eigenvalue weighted by molar-refractivity contribution is 1.77. The molecule has 2 aromatic heterocycles. The fourth-order valence-corrected chi connectivity index (χ4v) is 10.7. The highest BCUT2D eigenvalue weighted by atomic mass is 32.1. The van der Waals surface area contributed by atoms with E-state index < -0.39 is 16.1 Å². The van der Waals surface area contributed by atoms with Crippen molar-refractivity contribution in [1.29, 1.82) is 0 Å². The molecule has 0 saturated heterocycles. The Kier molecular flexibility index (Phi) is 4.73. The van der Waals surface area contributed by atoms with Crippen LogP contribution >= 0.6 is 22.7 Å². The number of thiophene rings is 2. The molecule has 0 amide bonds. The van der Waals surface area contributed by atoms with Crippen molar-refractivity contribution in [2.45, 2.75) is 39.3 Å². The first-order valence-electron chi connectivity index (χ1n) is 12.8. The molecule has 0 spiro atoms. The molecule has 0 nitrogen and oxygen atoms in total. The number of hydrogen-bond donors (Lipinski definition) is 0. The molecule has 0 fully saturated rings. The van der Waals surface area contributed by atoms with Crippen LogP contribution in [-0.2, 0) is 0 Å². The Morgan fingerprint density at radius 3 is 1.17 bits per heavy atom. The second-order valence-corrected chi connectivity index (χ2v) is 24.3. The van der Waals surface area contributed by atoms with E-state index in [4.69, 9.17) is 0 Å². The minimum atomic E-state index is -1.56. The first-order valence-corrected chi connectivity index (χ1v) is 21.5. The van der Waals surface area contributed by atoms with Crippen LogP contribution in [0.1, 0.15) is 0 Å². The Labute approximate surface area is 222 Å². The van der Waals surface area contributed by atoms with Crippen LogP contribution in [0.3, 0.4) is 0 Å². The van der Waals surface area contributed by atoms with Gasteiger partial charge in [0.1, 0.15) is 0 Å². The Bertz CT molecular complexity index is 1740. The van der Waals surface area contributed by atoms with Crippen molar-refractivity contribution in [1.82, 2.24) is 0 Å². The van der Waals surface area contributed by atoms with Gasteiger partial charge in [0.15, 0.2) is 0 Å².